The molecule has 114 valence electrons. The molecule has 0 bridgehead atoms. The van der Waals surface area contributed by atoms with E-state index in [9.17, 15) is 4.79 Å². The van der Waals surface area contributed by atoms with E-state index in [1.165, 1.54) is 0 Å². The maximum Gasteiger partial charge on any atom is 0.431 e. The van der Waals surface area contributed by atoms with E-state index >= 15 is 0 Å². The van der Waals surface area contributed by atoms with Gasteiger partial charge in [-0.05, 0) is 23.8 Å². The Morgan fingerprint density at radius 1 is 0.739 bits per heavy atom. The summed E-state index contributed by atoms with van der Waals surface area (Å²) in [4.78, 5) is 12.0. The second-order valence-corrected chi connectivity index (χ2v) is 4.87. The highest BCUT2D eigenvalue weighted by Gasteiger charge is 2.09. The lowest BCUT2D eigenvalue weighted by molar-refractivity contribution is 0.203. The Balaban J connectivity index is 1.69. The number of nitrogens with one attached hydrogen (secondary N) is 2. The van der Waals surface area contributed by atoms with Crippen molar-refractivity contribution in [3.63, 3.8) is 0 Å². The van der Waals surface area contributed by atoms with Crippen LogP contribution in [0.3, 0.4) is 0 Å². The predicted octanol–water partition coefficient (Wildman–Crippen LogP) is 4.47. The molecule has 3 rings (SSSR count). The number of ether oxygens (including phenoxy) is 1. The number of amides is 1. The molecule has 0 unspecified atom stereocenters. The quantitative estimate of drug-likeness (QED) is 0.699. The SMILES string of the molecule is O=C(NNc1ccccc1)Oc1ccccc1-c1ccccc1. The van der Waals surface area contributed by atoms with Crippen LogP contribution in [0, 0.1) is 0 Å². The van der Waals surface area contributed by atoms with Crippen LogP contribution in [0.4, 0.5) is 10.5 Å². The first kappa shape index (κ1) is 14.7. The molecule has 0 atom stereocenters. The smallest absolute Gasteiger partial charge is 0.408 e. The van der Waals surface area contributed by atoms with Crippen molar-refractivity contribution < 1.29 is 9.53 Å². The summed E-state index contributed by atoms with van der Waals surface area (Å²) < 4.78 is 5.41. The van der Waals surface area contributed by atoms with Crippen LogP contribution in [0.5, 0.6) is 5.75 Å². The first-order valence-electron chi connectivity index (χ1n) is 7.26. The molecule has 0 saturated carbocycles. The minimum absolute atomic E-state index is 0.506. The minimum Gasteiger partial charge on any atom is -0.408 e. The molecule has 3 aromatic rings. The van der Waals surface area contributed by atoms with Gasteiger partial charge in [0, 0.05) is 5.56 Å². The highest BCUT2D eigenvalue weighted by molar-refractivity contribution is 5.77. The molecule has 0 aromatic heterocycles. The number of carbonyl (C=O) groups excluding carboxylic acids is 1. The topological polar surface area (TPSA) is 50.4 Å². The van der Waals surface area contributed by atoms with E-state index in [1.807, 2.05) is 78.9 Å². The van der Waals surface area contributed by atoms with Crippen LogP contribution < -0.4 is 15.6 Å². The molecule has 23 heavy (non-hydrogen) atoms. The summed E-state index contributed by atoms with van der Waals surface area (Å²) in [5.74, 6) is 0.506. The Morgan fingerprint density at radius 3 is 2.09 bits per heavy atom. The van der Waals surface area contributed by atoms with E-state index < -0.39 is 6.09 Å². The third-order valence-electron chi connectivity index (χ3n) is 3.26. The molecule has 0 fully saturated rings. The van der Waals surface area contributed by atoms with Gasteiger partial charge in [-0.15, -0.1) is 0 Å². The van der Waals surface area contributed by atoms with Gasteiger partial charge in [-0.2, -0.15) is 0 Å². The van der Waals surface area contributed by atoms with Crippen molar-refractivity contribution in [1.29, 1.82) is 0 Å². The Bertz CT molecular complexity index is 774. The fourth-order valence-electron chi connectivity index (χ4n) is 2.18. The van der Waals surface area contributed by atoms with Gasteiger partial charge in [0.25, 0.3) is 0 Å². The first-order chi connectivity index (χ1) is 11.3. The lowest BCUT2D eigenvalue weighted by Crippen LogP contribution is -2.32. The van der Waals surface area contributed by atoms with E-state index in [-0.39, 0.29) is 0 Å². The summed E-state index contributed by atoms with van der Waals surface area (Å²) in [6.07, 6.45) is -0.572. The average molecular weight is 304 g/mol. The van der Waals surface area contributed by atoms with Gasteiger partial charge in [-0.25, -0.2) is 10.2 Å². The second-order valence-electron chi connectivity index (χ2n) is 4.87. The number of carbonyl (C=O) groups is 1. The van der Waals surface area contributed by atoms with Gasteiger partial charge in [-0.3, -0.25) is 5.43 Å². The Hall–Kier alpha value is -3.27. The van der Waals surface area contributed by atoms with Crippen LogP contribution in [0.2, 0.25) is 0 Å². The van der Waals surface area contributed by atoms with E-state index in [0.717, 1.165) is 16.8 Å². The zero-order valence-corrected chi connectivity index (χ0v) is 12.4. The molecular formula is C19H16N2O2. The van der Waals surface area contributed by atoms with Crippen LogP contribution in [0.25, 0.3) is 11.1 Å². The number of hydrogen-bond acceptors (Lipinski definition) is 3. The maximum atomic E-state index is 12.0. The van der Waals surface area contributed by atoms with Crippen molar-refractivity contribution in [2.75, 3.05) is 5.43 Å². The van der Waals surface area contributed by atoms with Gasteiger partial charge in [-0.1, -0.05) is 66.7 Å². The number of para-hydroxylation sites is 2. The third-order valence-corrected chi connectivity index (χ3v) is 3.26. The molecule has 0 radical (unpaired) electrons. The summed E-state index contributed by atoms with van der Waals surface area (Å²) in [7, 11) is 0. The highest BCUT2D eigenvalue weighted by Crippen LogP contribution is 2.29. The third kappa shape index (κ3) is 3.89. The van der Waals surface area contributed by atoms with Gasteiger partial charge in [0.2, 0.25) is 0 Å². The Labute approximate surface area is 134 Å². The fourth-order valence-corrected chi connectivity index (χ4v) is 2.18. The summed E-state index contributed by atoms with van der Waals surface area (Å²) in [6.45, 7) is 0. The van der Waals surface area contributed by atoms with E-state index in [1.54, 1.807) is 6.07 Å². The number of anilines is 1. The van der Waals surface area contributed by atoms with Crippen molar-refractivity contribution in [2.24, 2.45) is 0 Å². The van der Waals surface area contributed by atoms with Crippen LogP contribution in [-0.4, -0.2) is 6.09 Å². The molecule has 0 saturated heterocycles. The van der Waals surface area contributed by atoms with Crippen LogP contribution in [0.15, 0.2) is 84.9 Å². The predicted molar refractivity (Wildman–Crippen MR) is 91.1 cm³/mol. The van der Waals surface area contributed by atoms with Gasteiger partial charge >= 0.3 is 6.09 Å². The van der Waals surface area contributed by atoms with Gasteiger partial charge in [0.15, 0.2) is 0 Å². The van der Waals surface area contributed by atoms with Gasteiger partial charge in [0.05, 0.1) is 5.69 Å². The number of hydrazine groups is 1. The molecule has 0 aliphatic carbocycles. The van der Waals surface area contributed by atoms with Crippen molar-refractivity contribution >= 4 is 11.8 Å². The molecule has 2 N–H and O–H groups in total. The fraction of sp³-hybridized carbons (Fsp3) is 0. The monoisotopic (exact) mass is 304 g/mol. The number of benzene rings is 3. The zero-order valence-electron chi connectivity index (χ0n) is 12.4. The first-order valence-corrected chi connectivity index (χ1v) is 7.26. The highest BCUT2D eigenvalue weighted by atomic mass is 16.6. The molecule has 1 amide bonds. The molecule has 3 aromatic carbocycles. The van der Waals surface area contributed by atoms with Crippen LogP contribution in [-0.2, 0) is 0 Å². The molecule has 4 nitrogen and oxygen atoms in total. The maximum absolute atomic E-state index is 12.0. The molecular weight excluding hydrogens is 288 g/mol. The number of hydrogen-bond donors (Lipinski definition) is 2. The molecule has 0 aliphatic heterocycles. The van der Waals surface area contributed by atoms with Gasteiger partial charge < -0.3 is 4.74 Å². The average Bonchev–Trinajstić information content (AvgIpc) is 2.62. The zero-order chi connectivity index (χ0) is 15.9. The second kappa shape index (κ2) is 7.13. The lowest BCUT2D eigenvalue weighted by Gasteiger charge is -2.12. The Kier molecular flexibility index (Phi) is 4.55. The minimum atomic E-state index is -0.572. The standard InChI is InChI=1S/C19H16N2O2/c22-19(21-20-16-11-5-2-6-12-16)23-18-14-8-7-13-17(18)15-9-3-1-4-10-15/h1-14,20H,(H,21,22). The van der Waals surface area contributed by atoms with Crippen LogP contribution in [0.1, 0.15) is 0 Å². The lowest BCUT2D eigenvalue weighted by atomic mass is 10.1. The summed E-state index contributed by atoms with van der Waals surface area (Å²) in [5, 5.41) is 0. The molecule has 0 heterocycles. The van der Waals surface area contributed by atoms with Crippen molar-refractivity contribution in [1.82, 2.24) is 5.43 Å². The van der Waals surface area contributed by atoms with Gasteiger partial charge in [0.1, 0.15) is 5.75 Å². The summed E-state index contributed by atoms with van der Waals surface area (Å²) >= 11 is 0. The summed E-state index contributed by atoms with van der Waals surface area (Å²) in [6, 6.07) is 26.6. The molecule has 4 heteroatoms. The van der Waals surface area contributed by atoms with E-state index in [4.69, 9.17) is 4.74 Å². The van der Waals surface area contributed by atoms with Crippen LogP contribution >= 0.6 is 0 Å². The molecule has 0 aliphatic rings. The van der Waals surface area contributed by atoms with E-state index in [2.05, 4.69) is 10.9 Å². The van der Waals surface area contributed by atoms with Crippen molar-refractivity contribution in [3.8, 4) is 16.9 Å². The normalized spacial score (nSPS) is 9.91. The largest absolute Gasteiger partial charge is 0.431 e. The van der Waals surface area contributed by atoms with Crippen molar-refractivity contribution in [3.05, 3.63) is 84.9 Å². The van der Waals surface area contributed by atoms with Crippen molar-refractivity contribution in [2.45, 2.75) is 0 Å². The summed E-state index contributed by atoms with van der Waals surface area (Å²) in [5.41, 5.74) is 7.95. The molecule has 0 spiro atoms. The number of rotatable bonds is 4. The van der Waals surface area contributed by atoms with E-state index in [0.29, 0.717) is 5.75 Å². The Morgan fingerprint density at radius 2 is 1.35 bits per heavy atom.